The molecule has 0 aromatic rings. The number of nitrogens with zero attached hydrogens (tertiary/aromatic N) is 1. The number of quaternary nitrogens is 1. The summed E-state index contributed by atoms with van der Waals surface area (Å²) in [6.07, 6.45) is 73.5. The Bertz CT molecular complexity index is 1330. The van der Waals surface area contributed by atoms with E-state index in [1.807, 2.05) is 27.2 Å². The molecule has 0 aromatic carbocycles. The molecular formula is C64H123N2O6P. The SMILES string of the molecule is CCCCCCCCCCC/C=C\C/C=C\CCCCCCCCCCCCCCCC(=O)NC(COP(=O)([O-])OCC[N+](C)(C)C)C(O)/C=C/CC/C=C/CCCCCCCCCCCCCCCCCC. The van der Waals surface area contributed by atoms with Gasteiger partial charge in [-0.3, -0.25) is 9.36 Å². The first-order chi connectivity index (χ1) is 35.5. The largest absolute Gasteiger partial charge is 0.756 e. The van der Waals surface area contributed by atoms with Gasteiger partial charge < -0.3 is 28.8 Å². The maximum atomic E-state index is 13.0. The van der Waals surface area contributed by atoms with Crippen molar-refractivity contribution in [2.75, 3.05) is 40.9 Å². The van der Waals surface area contributed by atoms with Crippen LogP contribution in [0.15, 0.2) is 48.6 Å². The van der Waals surface area contributed by atoms with Crippen LogP contribution in [-0.2, 0) is 18.4 Å². The third-order valence-electron chi connectivity index (χ3n) is 14.3. The second-order valence-corrected chi connectivity index (χ2v) is 24.2. The maximum Gasteiger partial charge on any atom is 0.268 e. The summed E-state index contributed by atoms with van der Waals surface area (Å²) in [6.45, 7) is 4.66. The molecule has 9 heteroatoms. The average molecular weight is 1050 g/mol. The highest BCUT2D eigenvalue weighted by molar-refractivity contribution is 7.45. The molecule has 0 saturated heterocycles. The lowest BCUT2D eigenvalue weighted by molar-refractivity contribution is -0.870. The Balaban J connectivity index is 4.17. The van der Waals surface area contributed by atoms with Crippen molar-refractivity contribution >= 4 is 13.7 Å². The highest BCUT2D eigenvalue weighted by Gasteiger charge is 2.23. The monoisotopic (exact) mass is 1050 g/mol. The lowest BCUT2D eigenvalue weighted by Crippen LogP contribution is -2.45. The van der Waals surface area contributed by atoms with Crippen LogP contribution in [0.3, 0.4) is 0 Å². The number of phosphoric acid groups is 1. The molecule has 0 aliphatic rings. The first-order valence-corrected chi connectivity index (χ1v) is 33.0. The lowest BCUT2D eigenvalue weighted by Gasteiger charge is -2.29. The number of carbonyl (C=O) groups excluding carboxylic acids is 1. The molecule has 2 N–H and O–H groups in total. The molecule has 0 rings (SSSR count). The molecule has 73 heavy (non-hydrogen) atoms. The van der Waals surface area contributed by atoms with E-state index in [1.54, 1.807) is 6.08 Å². The molecule has 3 atom stereocenters. The van der Waals surface area contributed by atoms with Gasteiger partial charge in [-0.15, -0.1) is 0 Å². The predicted octanol–water partition coefficient (Wildman–Crippen LogP) is 18.9. The van der Waals surface area contributed by atoms with Gasteiger partial charge in [-0.25, -0.2) is 0 Å². The number of allylic oxidation sites excluding steroid dienone is 7. The van der Waals surface area contributed by atoms with E-state index in [2.05, 4.69) is 55.6 Å². The Morgan fingerprint density at radius 2 is 0.808 bits per heavy atom. The van der Waals surface area contributed by atoms with Crippen LogP contribution in [0.2, 0.25) is 0 Å². The van der Waals surface area contributed by atoms with Gasteiger partial charge in [0.05, 0.1) is 39.9 Å². The number of aliphatic hydroxyl groups is 1. The van der Waals surface area contributed by atoms with Gasteiger partial charge in [-0.1, -0.05) is 281 Å². The fourth-order valence-corrected chi connectivity index (χ4v) is 10.0. The van der Waals surface area contributed by atoms with E-state index in [4.69, 9.17) is 9.05 Å². The van der Waals surface area contributed by atoms with Gasteiger partial charge >= 0.3 is 0 Å². The Morgan fingerprint density at radius 3 is 1.19 bits per heavy atom. The zero-order valence-electron chi connectivity index (χ0n) is 49.1. The van der Waals surface area contributed by atoms with Crippen LogP contribution < -0.4 is 10.2 Å². The number of amides is 1. The normalized spacial score (nSPS) is 14.1. The number of nitrogens with one attached hydrogen (secondary N) is 1. The molecule has 3 unspecified atom stereocenters. The third kappa shape index (κ3) is 58.0. The van der Waals surface area contributed by atoms with Crippen molar-refractivity contribution in [1.29, 1.82) is 0 Å². The molecule has 0 spiro atoms. The Labute approximate surface area is 454 Å². The molecule has 0 heterocycles. The van der Waals surface area contributed by atoms with Crippen LogP contribution in [0.1, 0.15) is 303 Å². The van der Waals surface area contributed by atoms with Crippen molar-refractivity contribution < 1.29 is 32.9 Å². The first-order valence-electron chi connectivity index (χ1n) is 31.5. The third-order valence-corrected chi connectivity index (χ3v) is 15.2. The Kier molecular flexibility index (Phi) is 54.1. The molecule has 0 radical (unpaired) electrons. The zero-order chi connectivity index (χ0) is 53.5. The molecule has 1 amide bonds. The Morgan fingerprint density at radius 1 is 0.479 bits per heavy atom. The molecular weight excluding hydrogens is 924 g/mol. The molecule has 0 aliphatic carbocycles. The van der Waals surface area contributed by atoms with E-state index in [1.165, 1.54) is 238 Å². The molecule has 0 bridgehead atoms. The smallest absolute Gasteiger partial charge is 0.268 e. The fraction of sp³-hybridized carbons (Fsp3) is 0.859. The predicted molar refractivity (Wildman–Crippen MR) is 316 cm³/mol. The van der Waals surface area contributed by atoms with Crippen LogP contribution >= 0.6 is 7.82 Å². The van der Waals surface area contributed by atoms with E-state index < -0.39 is 26.6 Å². The second-order valence-electron chi connectivity index (χ2n) is 22.8. The van der Waals surface area contributed by atoms with Crippen molar-refractivity contribution in [1.82, 2.24) is 5.32 Å². The van der Waals surface area contributed by atoms with Gasteiger partial charge in [0, 0.05) is 6.42 Å². The molecule has 0 saturated carbocycles. The molecule has 0 fully saturated rings. The lowest BCUT2D eigenvalue weighted by atomic mass is 10.0. The van der Waals surface area contributed by atoms with E-state index in [0.29, 0.717) is 17.4 Å². The second kappa shape index (κ2) is 55.2. The van der Waals surface area contributed by atoms with E-state index in [0.717, 1.165) is 44.9 Å². The van der Waals surface area contributed by atoms with Gasteiger partial charge in [0.1, 0.15) is 13.2 Å². The van der Waals surface area contributed by atoms with E-state index in [9.17, 15) is 19.4 Å². The van der Waals surface area contributed by atoms with Gasteiger partial charge in [-0.2, -0.15) is 0 Å². The summed E-state index contributed by atoms with van der Waals surface area (Å²) in [5.74, 6) is -0.205. The number of phosphoric ester groups is 1. The Hall–Kier alpha value is -1.54. The van der Waals surface area contributed by atoms with Crippen LogP contribution in [0, 0.1) is 0 Å². The zero-order valence-corrected chi connectivity index (χ0v) is 50.0. The number of hydrogen-bond acceptors (Lipinski definition) is 6. The number of rotatable bonds is 58. The number of aliphatic hydroxyl groups excluding tert-OH is 1. The van der Waals surface area contributed by atoms with Crippen LogP contribution in [0.4, 0.5) is 0 Å². The van der Waals surface area contributed by atoms with E-state index >= 15 is 0 Å². The molecule has 8 nitrogen and oxygen atoms in total. The number of unbranched alkanes of at least 4 members (excludes halogenated alkanes) is 39. The minimum Gasteiger partial charge on any atom is -0.756 e. The summed E-state index contributed by atoms with van der Waals surface area (Å²) < 4.78 is 23.4. The highest BCUT2D eigenvalue weighted by Crippen LogP contribution is 2.38. The van der Waals surface area contributed by atoms with Crippen molar-refractivity contribution in [2.45, 2.75) is 315 Å². The fourth-order valence-electron chi connectivity index (χ4n) is 9.32. The first kappa shape index (κ1) is 71.5. The highest BCUT2D eigenvalue weighted by atomic mass is 31.2. The summed E-state index contributed by atoms with van der Waals surface area (Å²) in [6, 6.07) is -0.905. The summed E-state index contributed by atoms with van der Waals surface area (Å²) in [5, 5.41) is 13.9. The van der Waals surface area contributed by atoms with Gasteiger partial charge in [-0.05, 0) is 64.2 Å². The topological polar surface area (TPSA) is 108 Å². The van der Waals surface area contributed by atoms with Gasteiger partial charge in [0.15, 0.2) is 0 Å². The van der Waals surface area contributed by atoms with Crippen molar-refractivity contribution in [3.8, 4) is 0 Å². The standard InChI is InChI=1S/C64H123N2O6P/c1-6-8-10-12-14-16-18-20-22-24-26-28-30-31-32-33-34-35-36-38-40-42-44-46-48-50-52-54-56-58-64(68)65-62(61-72-73(69,70)71-60-59-66(3,4)5)63(67)57-55-53-51-49-47-45-43-41-39-37-29-27-25-23-21-19-17-15-13-11-9-7-2/h26,28,31-32,47,49,55,57,62-63,67H,6-25,27,29-30,33-46,48,50-54,56,58-61H2,1-5H3,(H-,65,68,69,70)/b28-26-,32-31-,49-47+,57-55+. The van der Waals surface area contributed by atoms with Gasteiger partial charge in [0.25, 0.3) is 7.82 Å². The van der Waals surface area contributed by atoms with Crippen molar-refractivity contribution in [3.63, 3.8) is 0 Å². The van der Waals surface area contributed by atoms with Crippen LogP contribution in [0.25, 0.3) is 0 Å². The maximum absolute atomic E-state index is 13.0. The summed E-state index contributed by atoms with van der Waals surface area (Å²) in [4.78, 5) is 25.5. The minimum atomic E-state index is -4.61. The number of likely N-dealkylation sites (N-methyl/N-ethyl adjacent to an activating group) is 1. The quantitative estimate of drug-likeness (QED) is 0.0272. The van der Waals surface area contributed by atoms with Gasteiger partial charge in [0.2, 0.25) is 5.91 Å². The molecule has 0 aliphatic heterocycles. The van der Waals surface area contributed by atoms with Crippen molar-refractivity contribution in [2.24, 2.45) is 0 Å². The molecule has 430 valence electrons. The van der Waals surface area contributed by atoms with Crippen molar-refractivity contribution in [3.05, 3.63) is 48.6 Å². The van der Waals surface area contributed by atoms with E-state index in [-0.39, 0.29) is 12.5 Å². The van der Waals surface area contributed by atoms with Crippen LogP contribution in [-0.4, -0.2) is 68.5 Å². The molecule has 0 aromatic heterocycles. The minimum absolute atomic E-state index is 0.00654. The number of hydrogen-bond donors (Lipinski definition) is 2. The van der Waals surface area contributed by atoms with Crippen LogP contribution in [0.5, 0.6) is 0 Å². The summed E-state index contributed by atoms with van der Waals surface area (Å²) in [7, 11) is 1.25. The average Bonchev–Trinajstić information content (AvgIpc) is 3.35. The summed E-state index contributed by atoms with van der Waals surface area (Å²) in [5.41, 5.74) is 0. The number of carbonyl (C=O) groups is 1. The summed E-state index contributed by atoms with van der Waals surface area (Å²) >= 11 is 0.